The zero-order valence-electron chi connectivity index (χ0n) is 14.3. The number of carbonyl (C=O) groups excluding carboxylic acids is 1. The van der Waals surface area contributed by atoms with E-state index in [-0.39, 0.29) is 22.6 Å². The number of aromatic nitrogens is 2. The maximum absolute atomic E-state index is 12.6. The number of carbonyl (C=O) groups is 1. The number of anilines is 1. The smallest absolute Gasteiger partial charge is 0.255 e. The maximum atomic E-state index is 12.6. The van der Waals surface area contributed by atoms with E-state index in [9.17, 15) is 4.79 Å². The quantitative estimate of drug-likeness (QED) is 0.649. The highest BCUT2D eigenvalue weighted by Crippen LogP contribution is 2.29. The van der Waals surface area contributed by atoms with E-state index in [1.54, 1.807) is 43.6 Å². The van der Waals surface area contributed by atoms with E-state index in [0.29, 0.717) is 28.4 Å². The van der Waals surface area contributed by atoms with Crippen molar-refractivity contribution in [1.29, 1.82) is 0 Å². The number of hydrogen-bond acceptors (Lipinski definition) is 5. The van der Waals surface area contributed by atoms with Crippen molar-refractivity contribution >= 4 is 34.8 Å². The highest BCUT2D eigenvalue weighted by molar-refractivity contribution is 6.39. The Morgan fingerprint density at radius 2 is 1.93 bits per heavy atom. The van der Waals surface area contributed by atoms with Crippen LogP contribution in [0.3, 0.4) is 0 Å². The standard InChI is InChI=1S/C19H15Cl2N3O3/c1-26-16-6-5-12(8-13(16)11-27-17-4-2-3-7-23-17)19(25)24-18-14(20)9-22-10-15(18)21/h2-10H,11H2,1H3,(H,22,24,25). The number of nitrogens with zero attached hydrogens (tertiary/aromatic N) is 2. The lowest BCUT2D eigenvalue weighted by Crippen LogP contribution is -2.13. The van der Waals surface area contributed by atoms with Gasteiger partial charge in [-0.25, -0.2) is 4.98 Å². The fraction of sp³-hybridized carbons (Fsp3) is 0.105. The molecular formula is C19H15Cl2N3O3. The Bertz CT molecular complexity index is 932. The minimum absolute atomic E-state index is 0.193. The molecule has 0 unspecified atom stereocenters. The summed E-state index contributed by atoms with van der Waals surface area (Å²) in [6, 6.07) is 10.4. The van der Waals surface area contributed by atoms with Crippen molar-refractivity contribution in [3.05, 3.63) is 76.2 Å². The van der Waals surface area contributed by atoms with Gasteiger partial charge in [-0.2, -0.15) is 0 Å². The van der Waals surface area contributed by atoms with Crippen molar-refractivity contribution in [2.45, 2.75) is 6.61 Å². The van der Waals surface area contributed by atoms with Crippen LogP contribution in [0.2, 0.25) is 10.0 Å². The number of ether oxygens (including phenoxy) is 2. The average Bonchev–Trinajstić information content (AvgIpc) is 2.69. The first-order chi connectivity index (χ1) is 13.1. The Kier molecular flexibility index (Phi) is 6.11. The number of hydrogen-bond donors (Lipinski definition) is 1. The van der Waals surface area contributed by atoms with Gasteiger partial charge in [0.05, 0.1) is 22.8 Å². The third-order valence-electron chi connectivity index (χ3n) is 3.65. The van der Waals surface area contributed by atoms with Crippen LogP contribution in [0.5, 0.6) is 11.6 Å². The van der Waals surface area contributed by atoms with Gasteiger partial charge in [0.15, 0.2) is 0 Å². The van der Waals surface area contributed by atoms with E-state index < -0.39 is 0 Å². The second-order valence-electron chi connectivity index (χ2n) is 5.42. The summed E-state index contributed by atoms with van der Waals surface area (Å²) < 4.78 is 11.0. The summed E-state index contributed by atoms with van der Waals surface area (Å²) in [5.41, 5.74) is 1.41. The highest BCUT2D eigenvalue weighted by atomic mass is 35.5. The molecule has 0 aliphatic rings. The molecule has 2 aromatic heterocycles. The van der Waals surface area contributed by atoms with Gasteiger partial charge in [-0.1, -0.05) is 29.3 Å². The molecular weight excluding hydrogens is 389 g/mol. The van der Waals surface area contributed by atoms with Gasteiger partial charge in [0.2, 0.25) is 5.88 Å². The van der Waals surface area contributed by atoms with Crippen LogP contribution in [0.25, 0.3) is 0 Å². The zero-order valence-corrected chi connectivity index (χ0v) is 15.8. The summed E-state index contributed by atoms with van der Waals surface area (Å²) in [5.74, 6) is 0.707. The molecule has 27 heavy (non-hydrogen) atoms. The Labute approximate surface area is 166 Å². The predicted octanol–water partition coefficient (Wildman–Crippen LogP) is 4.62. The highest BCUT2D eigenvalue weighted by Gasteiger charge is 2.14. The van der Waals surface area contributed by atoms with Crippen molar-refractivity contribution in [3.8, 4) is 11.6 Å². The average molecular weight is 404 g/mol. The lowest BCUT2D eigenvalue weighted by molar-refractivity contribution is 0.102. The van der Waals surface area contributed by atoms with Gasteiger partial charge in [-0.05, 0) is 24.3 Å². The van der Waals surface area contributed by atoms with Crippen LogP contribution in [0.15, 0.2) is 55.0 Å². The number of methoxy groups -OCH3 is 1. The van der Waals surface area contributed by atoms with E-state index in [1.807, 2.05) is 6.07 Å². The van der Waals surface area contributed by atoms with Gasteiger partial charge in [-0.3, -0.25) is 9.78 Å². The van der Waals surface area contributed by atoms with Crippen molar-refractivity contribution in [2.24, 2.45) is 0 Å². The van der Waals surface area contributed by atoms with Crippen LogP contribution >= 0.6 is 23.2 Å². The fourth-order valence-electron chi connectivity index (χ4n) is 2.33. The van der Waals surface area contributed by atoms with Crippen molar-refractivity contribution in [1.82, 2.24) is 9.97 Å². The Hall–Kier alpha value is -2.83. The van der Waals surface area contributed by atoms with Gasteiger partial charge in [-0.15, -0.1) is 0 Å². The van der Waals surface area contributed by atoms with E-state index in [1.165, 1.54) is 12.4 Å². The van der Waals surface area contributed by atoms with Crippen molar-refractivity contribution < 1.29 is 14.3 Å². The van der Waals surface area contributed by atoms with Gasteiger partial charge in [0.25, 0.3) is 5.91 Å². The first-order valence-electron chi connectivity index (χ1n) is 7.89. The summed E-state index contributed by atoms with van der Waals surface area (Å²) >= 11 is 12.1. The zero-order chi connectivity index (χ0) is 19.2. The van der Waals surface area contributed by atoms with Crippen molar-refractivity contribution in [2.75, 3.05) is 12.4 Å². The van der Waals surface area contributed by atoms with Gasteiger partial charge in [0, 0.05) is 35.8 Å². The molecule has 0 fully saturated rings. The number of pyridine rings is 2. The molecule has 1 N–H and O–H groups in total. The second kappa shape index (κ2) is 8.70. The van der Waals surface area contributed by atoms with Gasteiger partial charge >= 0.3 is 0 Å². The number of benzene rings is 1. The maximum Gasteiger partial charge on any atom is 0.255 e. The van der Waals surface area contributed by atoms with Gasteiger partial charge < -0.3 is 14.8 Å². The van der Waals surface area contributed by atoms with Crippen molar-refractivity contribution in [3.63, 3.8) is 0 Å². The lowest BCUT2D eigenvalue weighted by Gasteiger charge is -2.13. The molecule has 0 saturated carbocycles. The van der Waals surface area contributed by atoms with Crippen LogP contribution in [0.4, 0.5) is 5.69 Å². The molecule has 0 spiro atoms. The largest absolute Gasteiger partial charge is 0.496 e. The first-order valence-corrected chi connectivity index (χ1v) is 8.65. The lowest BCUT2D eigenvalue weighted by atomic mass is 10.1. The van der Waals surface area contributed by atoms with Crippen LogP contribution in [-0.2, 0) is 6.61 Å². The van der Waals surface area contributed by atoms with Crippen LogP contribution in [-0.4, -0.2) is 23.0 Å². The molecule has 0 aliphatic heterocycles. The number of nitrogens with one attached hydrogen (secondary N) is 1. The Balaban J connectivity index is 1.80. The molecule has 138 valence electrons. The van der Waals surface area contributed by atoms with Crippen LogP contribution in [0.1, 0.15) is 15.9 Å². The summed E-state index contributed by atoms with van der Waals surface area (Å²) in [6.45, 7) is 0.193. The normalized spacial score (nSPS) is 10.3. The molecule has 0 atom stereocenters. The van der Waals surface area contributed by atoms with E-state index in [2.05, 4.69) is 15.3 Å². The predicted molar refractivity (Wildman–Crippen MR) is 104 cm³/mol. The first kappa shape index (κ1) is 18.9. The third kappa shape index (κ3) is 4.67. The minimum Gasteiger partial charge on any atom is -0.496 e. The molecule has 3 rings (SSSR count). The number of rotatable bonds is 6. The number of halogens is 2. The SMILES string of the molecule is COc1ccc(C(=O)Nc2c(Cl)cncc2Cl)cc1COc1ccccn1. The molecule has 8 heteroatoms. The monoisotopic (exact) mass is 403 g/mol. The molecule has 3 aromatic rings. The molecule has 0 aliphatic carbocycles. The molecule has 1 aromatic carbocycles. The van der Waals surface area contributed by atoms with Crippen LogP contribution < -0.4 is 14.8 Å². The molecule has 2 heterocycles. The topological polar surface area (TPSA) is 73.3 Å². The molecule has 0 bridgehead atoms. The molecule has 0 saturated heterocycles. The second-order valence-corrected chi connectivity index (χ2v) is 6.23. The Morgan fingerprint density at radius 1 is 1.15 bits per heavy atom. The molecule has 1 amide bonds. The van der Waals surface area contributed by atoms with Crippen LogP contribution in [0, 0.1) is 0 Å². The summed E-state index contributed by atoms with van der Waals surface area (Å²) in [7, 11) is 1.55. The Morgan fingerprint density at radius 3 is 2.59 bits per heavy atom. The summed E-state index contributed by atoms with van der Waals surface area (Å²) in [4.78, 5) is 20.6. The van der Waals surface area contributed by atoms with E-state index in [4.69, 9.17) is 32.7 Å². The van der Waals surface area contributed by atoms with E-state index >= 15 is 0 Å². The number of amides is 1. The van der Waals surface area contributed by atoms with Gasteiger partial charge in [0.1, 0.15) is 12.4 Å². The minimum atomic E-state index is -0.369. The summed E-state index contributed by atoms with van der Waals surface area (Å²) in [6.07, 6.45) is 4.45. The van der Waals surface area contributed by atoms with E-state index in [0.717, 1.165) is 0 Å². The fourth-order valence-corrected chi connectivity index (χ4v) is 2.79. The molecule has 0 radical (unpaired) electrons. The summed E-state index contributed by atoms with van der Waals surface area (Å²) in [5, 5.41) is 3.20. The molecule has 6 nitrogen and oxygen atoms in total. The third-order valence-corrected chi connectivity index (χ3v) is 4.22.